The molecule has 1 nitrogen and oxygen atoms in total. The third-order valence-corrected chi connectivity index (χ3v) is 2.82. The zero-order valence-corrected chi connectivity index (χ0v) is 10.6. The molecule has 0 saturated carbocycles. The summed E-state index contributed by atoms with van der Waals surface area (Å²) in [5, 5.41) is 2.45. The molecule has 1 aromatic carbocycles. The molecule has 0 bridgehead atoms. The van der Waals surface area contributed by atoms with Crippen LogP contribution in [0.2, 0.25) is 0 Å². The van der Waals surface area contributed by atoms with E-state index in [1.165, 1.54) is 6.07 Å². The summed E-state index contributed by atoms with van der Waals surface area (Å²) >= 11 is 0. The second-order valence-corrected chi connectivity index (χ2v) is 4.33. The van der Waals surface area contributed by atoms with Crippen molar-refractivity contribution in [2.24, 2.45) is 0 Å². The molecule has 5 heteroatoms. The monoisotopic (exact) mass is 263 g/mol. The Hall–Kier alpha value is -1.10. The minimum absolute atomic E-state index is 0.195. The second kappa shape index (κ2) is 5.69. The maximum atomic E-state index is 13.6. The van der Waals surface area contributed by atoms with E-state index in [1.807, 2.05) is 6.92 Å². The van der Waals surface area contributed by atoms with Crippen molar-refractivity contribution in [1.82, 2.24) is 5.32 Å². The van der Waals surface area contributed by atoms with Crippen LogP contribution in [0.1, 0.15) is 29.7 Å². The van der Waals surface area contributed by atoms with Gasteiger partial charge in [-0.15, -0.1) is 0 Å². The normalized spacial score (nSPS) is 14.0. The zero-order chi connectivity index (χ0) is 13.9. The Labute approximate surface area is 104 Å². The molecule has 18 heavy (non-hydrogen) atoms. The number of benzene rings is 1. The van der Waals surface area contributed by atoms with Crippen molar-refractivity contribution in [1.29, 1.82) is 0 Å². The van der Waals surface area contributed by atoms with Crippen LogP contribution < -0.4 is 5.32 Å². The molecule has 0 aliphatic heterocycles. The lowest BCUT2D eigenvalue weighted by Gasteiger charge is -2.28. The molecule has 0 aliphatic rings. The highest BCUT2D eigenvalue weighted by Crippen LogP contribution is 2.37. The van der Waals surface area contributed by atoms with Gasteiger partial charge in [-0.3, -0.25) is 0 Å². The molecule has 0 heterocycles. The van der Waals surface area contributed by atoms with Gasteiger partial charge in [0.15, 0.2) is 0 Å². The van der Waals surface area contributed by atoms with Gasteiger partial charge >= 0.3 is 12.3 Å². The predicted molar refractivity (Wildman–Crippen MR) is 63.3 cm³/mol. The maximum absolute atomic E-state index is 13.6. The Kier molecular flexibility index (Phi) is 4.73. The summed E-state index contributed by atoms with van der Waals surface area (Å²) in [4.78, 5) is 0. The van der Waals surface area contributed by atoms with Crippen LogP contribution in [-0.2, 0) is 0 Å². The average Bonchev–Trinajstić information content (AvgIpc) is 2.26. The van der Waals surface area contributed by atoms with Crippen LogP contribution in [0.15, 0.2) is 18.2 Å². The maximum Gasteiger partial charge on any atom is 0.326 e. The van der Waals surface area contributed by atoms with Crippen molar-refractivity contribution >= 4 is 0 Å². The van der Waals surface area contributed by atoms with E-state index < -0.39 is 18.4 Å². The van der Waals surface area contributed by atoms with E-state index in [0.29, 0.717) is 5.56 Å². The van der Waals surface area contributed by atoms with Crippen molar-refractivity contribution in [2.75, 3.05) is 6.54 Å². The van der Waals surface area contributed by atoms with E-state index in [9.17, 15) is 17.6 Å². The lowest BCUT2D eigenvalue weighted by molar-refractivity contribution is -0.151. The molecule has 0 fully saturated rings. The smallest absolute Gasteiger partial charge is 0.305 e. The lowest BCUT2D eigenvalue weighted by atomic mass is 9.95. The van der Waals surface area contributed by atoms with Gasteiger partial charge in [-0.05, 0) is 31.5 Å². The first-order valence-electron chi connectivity index (χ1n) is 5.77. The molecule has 0 saturated heterocycles. The molecule has 1 aromatic rings. The minimum atomic E-state index is -4.09. The Bertz CT molecular complexity index is 404. The van der Waals surface area contributed by atoms with Crippen LogP contribution in [-0.4, -0.2) is 18.9 Å². The Morgan fingerprint density at radius 3 is 2.28 bits per heavy atom. The Morgan fingerprint density at radius 2 is 1.83 bits per heavy atom. The van der Waals surface area contributed by atoms with Crippen LogP contribution >= 0.6 is 0 Å². The summed E-state index contributed by atoms with van der Waals surface area (Å²) in [5.41, 5.74) is 1.71. The van der Waals surface area contributed by atoms with Gasteiger partial charge in [-0.25, -0.2) is 8.78 Å². The molecule has 0 aliphatic carbocycles. The predicted octanol–water partition coefficient (Wildman–Crippen LogP) is 3.85. The van der Waals surface area contributed by atoms with Crippen molar-refractivity contribution in [3.05, 3.63) is 34.9 Å². The van der Waals surface area contributed by atoms with Crippen LogP contribution in [0.4, 0.5) is 17.6 Å². The molecule has 0 aromatic heterocycles. The first kappa shape index (κ1) is 15.0. The largest absolute Gasteiger partial charge is 0.326 e. The fourth-order valence-corrected chi connectivity index (χ4v) is 1.93. The highest BCUT2D eigenvalue weighted by molar-refractivity contribution is 5.34. The summed E-state index contributed by atoms with van der Waals surface area (Å²) in [6.45, 7) is 5.27. The number of halogens is 4. The number of nitrogens with one attached hydrogen (secondary N) is 1. The van der Waals surface area contributed by atoms with Crippen LogP contribution in [0.5, 0.6) is 0 Å². The van der Waals surface area contributed by atoms with E-state index in [2.05, 4.69) is 5.32 Å². The van der Waals surface area contributed by atoms with Gasteiger partial charge < -0.3 is 5.32 Å². The molecule has 1 unspecified atom stereocenters. The fraction of sp³-hybridized carbons (Fsp3) is 0.538. The molecule has 1 rings (SSSR count). The number of alkyl halides is 4. The number of aryl methyl sites for hydroxylation is 2. The molecule has 0 radical (unpaired) electrons. The quantitative estimate of drug-likeness (QED) is 0.795. The minimum Gasteiger partial charge on any atom is -0.305 e. The van der Waals surface area contributed by atoms with E-state index in [4.69, 9.17) is 0 Å². The number of hydrogen-bond acceptors (Lipinski definition) is 1. The van der Waals surface area contributed by atoms with E-state index in [-0.39, 0.29) is 12.1 Å². The van der Waals surface area contributed by atoms with Crippen LogP contribution in [0.3, 0.4) is 0 Å². The topological polar surface area (TPSA) is 12.0 Å². The summed E-state index contributed by atoms with van der Waals surface area (Å²) in [6.07, 6.45) is -3.69. The first-order chi connectivity index (χ1) is 8.30. The van der Waals surface area contributed by atoms with E-state index in [0.717, 1.165) is 5.56 Å². The van der Waals surface area contributed by atoms with Gasteiger partial charge in [-0.1, -0.05) is 30.7 Å². The van der Waals surface area contributed by atoms with Gasteiger partial charge in [-0.2, -0.15) is 8.78 Å². The molecule has 1 N–H and O–H groups in total. The lowest BCUT2D eigenvalue weighted by Crippen LogP contribution is -2.42. The third kappa shape index (κ3) is 3.02. The standard InChI is InChI=1S/C13H17F4N/c1-4-18-11(13(16,17)12(14)15)10-6-5-8(2)7-9(10)3/h5-7,11-12,18H,4H2,1-3H3. The van der Waals surface area contributed by atoms with Gasteiger partial charge in [0.2, 0.25) is 0 Å². The van der Waals surface area contributed by atoms with Gasteiger partial charge in [0, 0.05) is 0 Å². The summed E-state index contributed by atoms with van der Waals surface area (Å²) in [5.74, 6) is -4.09. The summed E-state index contributed by atoms with van der Waals surface area (Å²) in [7, 11) is 0. The van der Waals surface area contributed by atoms with Crippen molar-refractivity contribution in [2.45, 2.75) is 39.2 Å². The highest BCUT2D eigenvalue weighted by atomic mass is 19.3. The first-order valence-corrected chi connectivity index (χ1v) is 5.77. The molecule has 0 spiro atoms. The van der Waals surface area contributed by atoms with E-state index >= 15 is 0 Å². The summed E-state index contributed by atoms with van der Waals surface area (Å²) in [6, 6.07) is 3.17. The molecule has 102 valence electrons. The molecule has 1 atom stereocenters. The summed E-state index contributed by atoms with van der Waals surface area (Å²) < 4.78 is 52.1. The zero-order valence-electron chi connectivity index (χ0n) is 10.6. The average molecular weight is 263 g/mol. The Balaban J connectivity index is 3.19. The van der Waals surface area contributed by atoms with Crippen molar-refractivity contribution in [3.63, 3.8) is 0 Å². The number of rotatable bonds is 5. The van der Waals surface area contributed by atoms with Crippen molar-refractivity contribution < 1.29 is 17.6 Å². The fourth-order valence-electron chi connectivity index (χ4n) is 1.93. The molecular formula is C13H17F4N. The van der Waals surface area contributed by atoms with Crippen molar-refractivity contribution in [3.8, 4) is 0 Å². The highest BCUT2D eigenvalue weighted by Gasteiger charge is 2.49. The molecular weight excluding hydrogens is 246 g/mol. The SMILES string of the molecule is CCNC(c1ccc(C)cc1C)C(F)(F)C(F)F. The van der Waals surface area contributed by atoms with Crippen LogP contribution in [0.25, 0.3) is 0 Å². The van der Waals surface area contributed by atoms with Gasteiger partial charge in [0.05, 0.1) is 0 Å². The third-order valence-electron chi connectivity index (χ3n) is 2.82. The van der Waals surface area contributed by atoms with E-state index in [1.54, 1.807) is 26.0 Å². The van der Waals surface area contributed by atoms with Gasteiger partial charge in [0.1, 0.15) is 6.04 Å². The Morgan fingerprint density at radius 1 is 1.22 bits per heavy atom. The second-order valence-electron chi connectivity index (χ2n) is 4.33. The molecule has 0 amide bonds. The van der Waals surface area contributed by atoms with Crippen LogP contribution in [0, 0.1) is 13.8 Å². The van der Waals surface area contributed by atoms with Gasteiger partial charge in [0.25, 0.3) is 0 Å². The number of hydrogen-bond donors (Lipinski definition) is 1.